The van der Waals surface area contributed by atoms with Gasteiger partial charge in [0.25, 0.3) is 5.69 Å². The molecule has 0 radical (unpaired) electrons. The zero-order valence-electron chi connectivity index (χ0n) is 11.1. The number of nitrogens with zero attached hydrogens (tertiary/aromatic N) is 1. The van der Waals surface area contributed by atoms with Crippen LogP contribution < -0.4 is 5.32 Å². The van der Waals surface area contributed by atoms with Gasteiger partial charge < -0.3 is 10.4 Å². The fourth-order valence-corrected chi connectivity index (χ4v) is 1.68. The normalized spacial score (nSPS) is 10.1. The molecule has 1 rings (SSSR count). The minimum atomic E-state index is -0.903. The third-order valence-corrected chi connectivity index (χ3v) is 2.67. The summed E-state index contributed by atoms with van der Waals surface area (Å²) in [5.41, 5.74) is 0.810. The highest BCUT2D eigenvalue weighted by molar-refractivity contribution is 5.93. The Bertz CT molecular complexity index is 527. The molecule has 20 heavy (non-hydrogen) atoms. The van der Waals surface area contributed by atoms with Crippen LogP contribution in [0.25, 0.3) is 0 Å². The van der Waals surface area contributed by atoms with E-state index in [1.807, 2.05) is 0 Å². The largest absolute Gasteiger partial charge is 0.481 e. The number of unbranched alkanes of at least 4 members (excludes halogenated alkanes) is 1. The second-order valence-corrected chi connectivity index (χ2v) is 4.43. The van der Waals surface area contributed by atoms with E-state index in [2.05, 4.69) is 5.32 Å². The van der Waals surface area contributed by atoms with Gasteiger partial charge in [0.05, 0.1) is 4.92 Å². The van der Waals surface area contributed by atoms with E-state index in [1.165, 1.54) is 12.1 Å². The first kappa shape index (κ1) is 15.6. The fourth-order valence-electron chi connectivity index (χ4n) is 1.68. The molecule has 0 aliphatic rings. The Balaban J connectivity index is 2.59. The molecule has 0 aliphatic carbocycles. The number of nitrogens with one attached hydrogen (secondary N) is 1. The third kappa shape index (κ3) is 5.05. The van der Waals surface area contributed by atoms with Gasteiger partial charge in [-0.1, -0.05) is 6.07 Å². The molecule has 0 heterocycles. The molecular weight excluding hydrogens is 264 g/mol. The van der Waals surface area contributed by atoms with Gasteiger partial charge in [-0.05, 0) is 31.4 Å². The molecule has 1 aromatic rings. The summed E-state index contributed by atoms with van der Waals surface area (Å²) in [7, 11) is 0. The Labute approximate surface area is 115 Å². The number of carboxylic acid groups (broad SMARTS) is 1. The number of carbonyl (C=O) groups excluding carboxylic acids is 1. The van der Waals surface area contributed by atoms with E-state index in [-0.39, 0.29) is 30.1 Å². The molecule has 0 aromatic heterocycles. The minimum Gasteiger partial charge on any atom is -0.481 e. The fraction of sp³-hybridized carbons (Fsp3) is 0.385. The third-order valence-electron chi connectivity index (χ3n) is 2.67. The van der Waals surface area contributed by atoms with Gasteiger partial charge in [0.15, 0.2) is 0 Å². The lowest BCUT2D eigenvalue weighted by molar-refractivity contribution is -0.383. The highest BCUT2D eigenvalue weighted by Crippen LogP contribution is 2.25. The maximum atomic E-state index is 11.7. The van der Waals surface area contributed by atoms with Crippen LogP contribution in [0, 0.1) is 17.0 Å². The molecule has 0 atom stereocenters. The van der Waals surface area contributed by atoms with Crippen molar-refractivity contribution in [3.05, 3.63) is 33.9 Å². The number of carbonyl (C=O) groups is 2. The predicted octanol–water partition coefficient (Wildman–Crippen LogP) is 2.49. The van der Waals surface area contributed by atoms with Gasteiger partial charge in [-0.2, -0.15) is 0 Å². The number of nitro benzene ring substituents is 1. The van der Waals surface area contributed by atoms with Gasteiger partial charge in [0.1, 0.15) is 5.69 Å². The molecule has 7 nitrogen and oxygen atoms in total. The molecule has 0 saturated carbocycles. The van der Waals surface area contributed by atoms with Gasteiger partial charge in [-0.15, -0.1) is 0 Å². The van der Waals surface area contributed by atoms with Crippen LogP contribution in [0.3, 0.4) is 0 Å². The summed E-state index contributed by atoms with van der Waals surface area (Å²) in [6, 6.07) is 4.48. The maximum Gasteiger partial charge on any atom is 0.303 e. The summed E-state index contributed by atoms with van der Waals surface area (Å²) < 4.78 is 0. The monoisotopic (exact) mass is 280 g/mol. The van der Waals surface area contributed by atoms with Crippen molar-refractivity contribution in [1.29, 1.82) is 0 Å². The first-order valence-corrected chi connectivity index (χ1v) is 6.17. The molecular formula is C13H16N2O5. The summed E-state index contributed by atoms with van der Waals surface area (Å²) in [5.74, 6) is -1.26. The van der Waals surface area contributed by atoms with Gasteiger partial charge >= 0.3 is 5.97 Å². The molecule has 0 saturated heterocycles. The second-order valence-electron chi connectivity index (χ2n) is 4.43. The molecule has 0 bridgehead atoms. The van der Waals surface area contributed by atoms with Gasteiger partial charge in [-0.3, -0.25) is 19.7 Å². The minimum absolute atomic E-state index is 0.0118. The van der Waals surface area contributed by atoms with E-state index >= 15 is 0 Å². The summed E-state index contributed by atoms with van der Waals surface area (Å²) in [5, 5.41) is 21.8. The van der Waals surface area contributed by atoms with Crippen molar-refractivity contribution >= 4 is 23.3 Å². The molecule has 7 heteroatoms. The summed E-state index contributed by atoms with van der Waals surface area (Å²) in [6.45, 7) is 1.77. The molecule has 0 spiro atoms. The van der Waals surface area contributed by atoms with Crippen LogP contribution in [0.2, 0.25) is 0 Å². The first-order valence-electron chi connectivity index (χ1n) is 6.17. The molecule has 0 unspecified atom stereocenters. The number of aliphatic carboxylic acids is 1. The number of nitro groups is 1. The van der Waals surface area contributed by atoms with E-state index in [4.69, 9.17) is 5.11 Å². The lowest BCUT2D eigenvalue weighted by Crippen LogP contribution is -2.12. The molecule has 2 N–H and O–H groups in total. The van der Waals surface area contributed by atoms with Crippen molar-refractivity contribution in [2.75, 3.05) is 5.32 Å². The maximum absolute atomic E-state index is 11.7. The standard InChI is InChI=1S/C13H16N2O5/c1-9-6-7-11(15(19)20)10(8-9)14-12(16)4-2-3-5-13(17)18/h6-8H,2-5H2,1H3,(H,14,16)(H,17,18). The van der Waals surface area contributed by atoms with Crippen LogP contribution in [0.15, 0.2) is 18.2 Å². The molecule has 1 amide bonds. The van der Waals surface area contributed by atoms with Crippen LogP contribution >= 0.6 is 0 Å². The Morgan fingerprint density at radius 3 is 2.55 bits per heavy atom. The zero-order chi connectivity index (χ0) is 15.1. The number of benzene rings is 1. The van der Waals surface area contributed by atoms with Crippen molar-refractivity contribution < 1.29 is 19.6 Å². The summed E-state index contributed by atoms with van der Waals surface area (Å²) >= 11 is 0. The first-order chi connectivity index (χ1) is 9.40. The van der Waals surface area contributed by atoms with Crippen LogP contribution in [0.4, 0.5) is 11.4 Å². The Hall–Kier alpha value is -2.44. The van der Waals surface area contributed by atoms with Crippen LogP contribution in [-0.4, -0.2) is 21.9 Å². The molecule has 0 fully saturated rings. The quantitative estimate of drug-likeness (QED) is 0.453. The van der Waals surface area contributed by atoms with Crippen LogP contribution in [0.1, 0.15) is 31.2 Å². The number of hydrogen-bond donors (Lipinski definition) is 2. The van der Waals surface area contributed by atoms with E-state index < -0.39 is 10.9 Å². The van der Waals surface area contributed by atoms with Crippen molar-refractivity contribution in [3.8, 4) is 0 Å². The Morgan fingerprint density at radius 1 is 1.30 bits per heavy atom. The average Bonchev–Trinajstić information content (AvgIpc) is 2.34. The number of carboxylic acids is 1. The van der Waals surface area contributed by atoms with Crippen molar-refractivity contribution in [1.82, 2.24) is 0 Å². The smallest absolute Gasteiger partial charge is 0.303 e. The van der Waals surface area contributed by atoms with Crippen molar-refractivity contribution in [2.45, 2.75) is 32.6 Å². The van der Waals surface area contributed by atoms with Crippen LogP contribution in [-0.2, 0) is 9.59 Å². The van der Waals surface area contributed by atoms with Gasteiger partial charge in [0.2, 0.25) is 5.91 Å². The van der Waals surface area contributed by atoms with Crippen molar-refractivity contribution in [3.63, 3.8) is 0 Å². The second kappa shape index (κ2) is 7.22. The molecule has 0 aliphatic heterocycles. The highest BCUT2D eigenvalue weighted by Gasteiger charge is 2.15. The predicted molar refractivity (Wildman–Crippen MR) is 72.6 cm³/mol. The number of hydrogen-bond acceptors (Lipinski definition) is 4. The number of anilines is 1. The van der Waals surface area contributed by atoms with E-state index in [9.17, 15) is 19.7 Å². The average molecular weight is 280 g/mol. The highest BCUT2D eigenvalue weighted by atomic mass is 16.6. The Kier molecular flexibility index (Phi) is 5.64. The van der Waals surface area contributed by atoms with Gasteiger partial charge in [0, 0.05) is 18.9 Å². The SMILES string of the molecule is Cc1ccc([N+](=O)[O-])c(NC(=O)CCCCC(=O)O)c1. The lowest BCUT2D eigenvalue weighted by Gasteiger charge is -2.06. The molecule has 1 aromatic carbocycles. The van der Waals surface area contributed by atoms with Crippen LogP contribution in [0.5, 0.6) is 0 Å². The van der Waals surface area contributed by atoms with Crippen molar-refractivity contribution in [2.24, 2.45) is 0 Å². The van der Waals surface area contributed by atoms with E-state index in [0.29, 0.717) is 12.8 Å². The number of amides is 1. The van der Waals surface area contributed by atoms with E-state index in [1.54, 1.807) is 13.0 Å². The Morgan fingerprint density at radius 2 is 1.95 bits per heavy atom. The number of rotatable bonds is 7. The topological polar surface area (TPSA) is 110 Å². The lowest BCUT2D eigenvalue weighted by atomic mass is 10.1. The summed E-state index contributed by atoms with van der Waals surface area (Å²) in [4.78, 5) is 32.3. The summed E-state index contributed by atoms with van der Waals surface area (Å²) in [6.07, 6.45) is 0.979. The number of aryl methyl sites for hydroxylation is 1. The zero-order valence-corrected chi connectivity index (χ0v) is 11.1. The van der Waals surface area contributed by atoms with Gasteiger partial charge in [-0.25, -0.2) is 0 Å². The molecule has 108 valence electrons. The van der Waals surface area contributed by atoms with E-state index in [0.717, 1.165) is 5.56 Å².